The fraction of sp³-hybridized carbons (Fsp3) is 0.474. The minimum atomic E-state index is 0.583. The largest absolute Gasteiger partial charge is 0.381 e. The van der Waals surface area contributed by atoms with Crippen molar-refractivity contribution in [3.05, 3.63) is 41.6 Å². The van der Waals surface area contributed by atoms with Crippen molar-refractivity contribution < 1.29 is 4.74 Å². The lowest BCUT2D eigenvalue weighted by molar-refractivity contribution is 0.187. The molecule has 0 spiro atoms. The van der Waals surface area contributed by atoms with E-state index in [9.17, 15) is 0 Å². The van der Waals surface area contributed by atoms with Gasteiger partial charge in [0, 0.05) is 43.2 Å². The molecule has 1 atom stereocenters. The van der Waals surface area contributed by atoms with Gasteiger partial charge in [0.15, 0.2) is 5.82 Å². The lowest BCUT2D eigenvalue weighted by atomic mass is 10.1. The van der Waals surface area contributed by atoms with Crippen molar-refractivity contribution >= 4 is 5.82 Å². The highest BCUT2D eigenvalue weighted by atomic mass is 16.5. The third kappa shape index (κ3) is 3.42. The second-order valence-electron chi connectivity index (χ2n) is 6.55. The van der Waals surface area contributed by atoms with E-state index in [4.69, 9.17) is 14.7 Å². The van der Waals surface area contributed by atoms with Gasteiger partial charge in [-0.2, -0.15) is 0 Å². The van der Waals surface area contributed by atoms with Crippen LogP contribution in [0.15, 0.2) is 30.3 Å². The summed E-state index contributed by atoms with van der Waals surface area (Å²) in [6.45, 7) is 4.63. The van der Waals surface area contributed by atoms with Crippen LogP contribution in [-0.2, 0) is 17.6 Å². The lowest BCUT2D eigenvalue weighted by Gasteiger charge is -2.16. The topological polar surface area (TPSA) is 59.1 Å². The fourth-order valence-electron chi connectivity index (χ4n) is 3.39. The molecular formula is C19H24N4O. The summed E-state index contributed by atoms with van der Waals surface area (Å²) in [5.74, 6) is 2.41. The normalized spacial score (nSPS) is 20.4. The summed E-state index contributed by atoms with van der Waals surface area (Å²) in [5, 5.41) is 7.06. The number of rotatable bonds is 4. The Kier molecular flexibility index (Phi) is 4.71. The molecule has 1 fully saturated rings. The molecule has 0 radical (unpaired) electrons. The molecule has 2 aliphatic heterocycles. The molecule has 2 N–H and O–H groups in total. The molecule has 0 amide bonds. The van der Waals surface area contributed by atoms with Gasteiger partial charge in [-0.1, -0.05) is 30.3 Å². The first kappa shape index (κ1) is 15.5. The van der Waals surface area contributed by atoms with Crippen molar-refractivity contribution in [1.82, 2.24) is 15.3 Å². The first-order valence-corrected chi connectivity index (χ1v) is 8.87. The van der Waals surface area contributed by atoms with Gasteiger partial charge in [-0.05, 0) is 19.4 Å². The number of fused-ring (bicyclic) bond motifs is 1. The standard InChI is InChI=1S/C19H24N4O/c1-2-4-15(5-3-1)18-22-17-7-10-20-9-6-16(17)19(23-18)21-12-14-8-11-24-13-14/h1-5,14,20H,6-13H2,(H,21,22,23). The second-order valence-corrected chi connectivity index (χ2v) is 6.55. The smallest absolute Gasteiger partial charge is 0.161 e. The number of ether oxygens (including phenoxy) is 1. The molecule has 3 heterocycles. The molecule has 5 nitrogen and oxygen atoms in total. The highest BCUT2D eigenvalue weighted by Crippen LogP contribution is 2.25. The Bertz CT molecular complexity index is 683. The van der Waals surface area contributed by atoms with Crippen molar-refractivity contribution in [1.29, 1.82) is 0 Å². The van der Waals surface area contributed by atoms with Crippen molar-refractivity contribution in [2.75, 3.05) is 38.2 Å². The summed E-state index contributed by atoms with van der Waals surface area (Å²) in [5.41, 5.74) is 3.53. The maximum atomic E-state index is 5.49. The quantitative estimate of drug-likeness (QED) is 0.903. The molecule has 1 aromatic carbocycles. The van der Waals surface area contributed by atoms with Crippen LogP contribution in [0.5, 0.6) is 0 Å². The summed E-state index contributed by atoms with van der Waals surface area (Å²) in [6.07, 6.45) is 3.07. The highest BCUT2D eigenvalue weighted by molar-refractivity contribution is 5.60. The molecule has 0 bridgehead atoms. The Morgan fingerprint density at radius 3 is 2.83 bits per heavy atom. The Morgan fingerprint density at radius 1 is 1.12 bits per heavy atom. The minimum Gasteiger partial charge on any atom is -0.381 e. The van der Waals surface area contributed by atoms with Crippen LogP contribution in [0, 0.1) is 5.92 Å². The van der Waals surface area contributed by atoms with Gasteiger partial charge in [0.05, 0.1) is 12.3 Å². The van der Waals surface area contributed by atoms with E-state index in [0.29, 0.717) is 5.92 Å². The minimum absolute atomic E-state index is 0.583. The van der Waals surface area contributed by atoms with Gasteiger partial charge < -0.3 is 15.4 Å². The van der Waals surface area contributed by atoms with Crippen LogP contribution < -0.4 is 10.6 Å². The SMILES string of the molecule is c1ccc(-c2nc3c(c(NCC4CCOC4)n2)CCNCC3)cc1. The second kappa shape index (κ2) is 7.28. The third-order valence-electron chi connectivity index (χ3n) is 4.80. The van der Waals surface area contributed by atoms with Crippen molar-refractivity contribution in [3.8, 4) is 11.4 Å². The average Bonchev–Trinajstić information content (AvgIpc) is 3.04. The molecule has 1 aromatic heterocycles. The number of hydrogen-bond acceptors (Lipinski definition) is 5. The average molecular weight is 324 g/mol. The van der Waals surface area contributed by atoms with E-state index in [1.165, 1.54) is 11.3 Å². The summed E-state index contributed by atoms with van der Waals surface area (Å²) in [4.78, 5) is 9.74. The van der Waals surface area contributed by atoms with Crippen LogP contribution in [-0.4, -0.2) is 42.8 Å². The van der Waals surface area contributed by atoms with Crippen LogP contribution >= 0.6 is 0 Å². The molecule has 5 heteroatoms. The van der Waals surface area contributed by atoms with Crippen LogP contribution in [0.2, 0.25) is 0 Å². The number of nitrogens with zero attached hydrogens (tertiary/aromatic N) is 2. The van der Waals surface area contributed by atoms with Crippen LogP contribution in [0.1, 0.15) is 17.7 Å². The summed E-state index contributed by atoms with van der Waals surface area (Å²) in [6, 6.07) is 10.2. The Labute approximate surface area is 142 Å². The zero-order chi connectivity index (χ0) is 16.2. The highest BCUT2D eigenvalue weighted by Gasteiger charge is 2.20. The van der Waals surface area contributed by atoms with Crippen molar-refractivity contribution in [2.24, 2.45) is 5.92 Å². The number of hydrogen-bond donors (Lipinski definition) is 2. The number of benzene rings is 1. The molecule has 1 saturated heterocycles. The molecule has 126 valence electrons. The van der Waals surface area contributed by atoms with E-state index >= 15 is 0 Å². The van der Waals surface area contributed by atoms with E-state index in [0.717, 1.165) is 69.3 Å². The zero-order valence-corrected chi connectivity index (χ0v) is 13.9. The first-order chi connectivity index (χ1) is 11.9. The zero-order valence-electron chi connectivity index (χ0n) is 13.9. The number of anilines is 1. The van der Waals surface area contributed by atoms with E-state index < -0.39 is 0 Å². The van der Waals surface area contributed by atoms with Gasteiger partial charge >= 0.3 is 0 Å². The van der Waals surface area contributed by atoms with Crippen LogP contribution in [0.25, 0.3) is 11.4 Å². The Hall–Kier alpha value is -1.98. The van der Waals surface area contributed by atoms with Gasteiger partial charge in [-0.25, -0.2) is 9.97 Å². The van der Waals surface area contributed by atoms with Crippen molar-refractivity contribution in [3.63, 3.8) is 0 Å². The monoisotopic (exact) mass is 324 g/mol. The summed E-state index contributed by atoms with van der Waals surface area (Å²) >= 11 is 0. The first-order valence-electron chi connectivity index (χ1n) is 8.87. The summed E-state index contributed by atoms with van der Waals surface area (Å²) in [7, 11) is 0. The van der Waals surface area contributed by atoms with Gasteiger partial charge in [0.1, 0.15) is 5.82 Å². The van der Waals surface area contributed by atoms with Gasteiger partial charge in [-0.3, -0.25) is 0 Å². The van der Waals surface area contributed by atoms with E-state index in [-0.39, 0.29) is 0 Å². The van der Waals surface area contributed by atoms with Crippen LogP contribution in [0.3, 0.4) is 0 Å². The Balaban J connectivity index is 1.66. The predicted molar refractivity (Wildman–Crippen MR) is 95.2 cm³/mol. The molecule has 2 aromatic rings. The summed E-state index contributed by atoms with van der Waals surface area (Å²) < 4.78 is 5.49. The Morgan fingerprint density at radius 2 is 2.00 bits per heavy atom. The maximum absolute atomic E-state index is 5.49. The molecule has 2 aliphatic rings. The van der Waals surface area contributed by atoms with Gasteiger partial charge in [0.2, 0.25) is 0 Å². The van der Waals surface area contributed by atoms with Gasteiger partial charge in [0.25, 0.3) is 0 Å². The molecule has 24 heavy (non-hydrogen) atoms. The van der Waals surface area contributed by atoms with E-state index in [1.54, 1.807) is 0 Å². The van der Waals surface area contributed by atoms with Gasteiger partial charge in [-0.15, -0.1) is 0 Å². The molecule has 4 rings (SSSR count). The predicted octanol–water partition coefficient (Wildman–Crippen LogP) is 2.28. The molecule has 1 unspecified atom stereocenters. The van der Waals surface area contributed by atoms with Crippen molar-refractivity contribution in [2.45, 2.75) is 19.3 Å². The third-order valence-corrected chi connectivity index (χ3v) is 4.80. The van der Waals surface area contributed by atoms with Crippen LogP contribution in [0.4, 0.5) is 5.82 Å². The maximum Gasteiger partial charge on any atom is 0.161 e. The number of aromatic nitrogens is 2. The van der Waals surface area contributed by atoms with E-state index in [2.05, 4.69) is 22.8 Å². The fourth-order valence-corrected chi connectivity index (χ4v) is 3.39. The molecule has 0 aliphatic carbocycles. The number of nitrogens with one attached hydrogen (secondary N) is 2. The molecule has 0 saturated carbocycles. The molecular weight excluding hydrogens is 300 g/mol. The van der Waals surface area contributed by atoms with E-state index in [1.807, 2.05) is 18.2 Å². The lowest BCUT2D eigenvalue weighted by Crippen LogP contribution is -2.18.